The van der Waals surface area contributed by atoms with Gasteiger partial charge in [-0.2, -0.15) is 0 Å². The number of nitrogens with one attached hydrogen (secondary N) is 1. The minimum absolute atomic E-state index is 0.0350. The van der Waals surface area contributed by atoms with Gasteiger partial charge in [0.05, 0.1) is 11.6 Å². The molecule has 1 aromatic carbocycles. The molecule has 1 aliphatic rings. The Balaban J connectivity index is 1.88. The Labute approximate surface area is 117 Å². The third kappa shape index (κ3) is 3.60. The van der Waals surface area contributed by atoms with Crippen molar-refractivity contribution in [1.29, 1.82) is 0 Å². The third-order valence-electron chi connectivity index (χ3n) is 2.29. The van der Waals surface area contributed by atoms with Crippen molar-refractivity contribution in [2.75, 3.05) is 23.5 Å². The summed E-state index contributed by atoms with van der Waals surface area (Å²) < 4.78 is 1.12. The van der Waals surface area contributed by atoms with E-state index >= 15 is 0 Å². The number of thioether (sulfide) groups is 1. The van der Waals surface area contributed by atoms with E-state index in [0.29, 0.717) is 11.6 Å². The van der Waals surface area contributed by atoms with E-state index in [1.165, 1.54) is 11.8 Å². The van der Waals surface area contributed by atoms with Crippen molar-refractivity contribution < 1.29 is 9.59 Å². The van der Waals surface area contributed by atoms with Crippen LogP contribution in [0.15, 0.2) is 24.3 Å². The summed E-state index contributed by atoms with van der Waals surface area (Å²) in [5.41, 5.74) is 0.759. The van der Waals surface area contributed by atoms with E-state index in [2.05, 4.69) is 27.9 Å². The Hall–Kier alpha value is -0.760. The molecule has 1 saturated heterocycles. The number of amides is 2. The quantitative estimate of drug-likeness (QED) is 0.834. The molecule has 0 radical (unpaired) electrons. The van der Waals surface area contributed by atoms with Crippen molar-refractivity contribution in [2.45, 2.75) is 0 Å². The van der Waals surface area contributed by atoms with Crippen LogP contribution in [0.5, 0.6) is 0 Å². The molecular weight excluding hydrogens is 351 g/mol. The SMILES string of the molecule is O=C(CN1CSCC1=O)Nc1ccc(I)cc1. The van der Waals surface area contributed by atoms with Crippen LogP contribution in [0.1, 0.15) is 0 Å². The fourth-order valence-corrected chi connectivity index (χ4v) is 2.71. The predicted molar refractivity (Wildman–Crippen MR) is 76.8 cm³/mol. The molecule has 1 aromatic rings. The van der Waals surface area contributed by atoms with Crippen molar-refractivity contribution >= 4 is 51.9 Å². The van der Waals surface area contributed by atoms with E-state index in [1.54, 1.807) is 4.90 Å². The molecule has 1 N–H and O–H groups in total. The molecule has 0 aliphatic carbocycles. The van der Waals surface area contributed by atoms with E-state index in [4.69, 9.17) is 0 Å². The summed E-state index contributed by atoms with van der Waals surface area (Å²) >= 11 is 3.74. The Bertz CT molecular complexity index is 436. The molecule has 0 saturated carbocycles. The topological polar surface area (TPSA) is 49.4 Å². The second-order valence-electron chi connectivity index (χ2n) is 3.62. The van der Waals surface area contributed by atoms with E-state index < -0.39 is 0 Å². The van der Waals surface area contributed by atoms with Crippen LogP contribution in [0.25, 0.3) is 0 Å². The van der Waals surface area contributed by atoms with Crippen LogP contribution in [0.3, 0.4) is 0 Å². The van der Waals surface area contributed by atoms with Crippen LogP contribution in [0.4, 0.5) is 5.69 Å². The summed E-state index contributed by atoms with van der Waals surface area (Å²) in [5, 5.41) is 2.77. The van der Waals surface area contributed by atoms with E-state index in [1.807, 2.05) is 24.3 Å². The predicted octanol–water partition coefficient (Wildman–Crippen LogP) is 1.76. The summed E-state index contributed by atoms with van der Waals surface area (Å²) in [5.74, 6) is 0.977. The molecule has 0 atom stereocenters. The molecule has 2 rings (SSSR count). The largest absolute Gasteiger partial charge is 0.325 e. The average Bonchev–Trinajstić information content (AvgIpc) is 2.68. The van der Waals surface area contributed by atoms with E-state index in [0.717, 1.165) is 9.26 Å². The number of hydrogen-bond acceptors (Lipinski definition) is 3. The molecule has 17 heavy (non-hydrogen) atoms. The number of benzene rings is 1. The van der Waals surface area contributed by atoms with Gasteiger partial charge in [0.25, 0.3) is 0 Å². The summed E-state index contributed by atoms with van der Waals surface area (Å²) in [7, 11) is 0. The maximum atomic E-state index is 11.7. The van der Waals surface area contributed by atoms with Crippen LogP contribution >= 0.6 is 34.4 Å². The monoisotopic (exact) mass is 362 g/mol. The molecule has 2 amide bonds. The first-order valence-corrected chi connectivity index (χ1v) is 7.29. The number of carbonyl (C=O) groups is 2. The number of hydrogen-bond donors (Lipinski definition) is 1. The molecule has 0 aromatic heterocycles. The van der Waals surface area contributed by atoms with Gasteiger partial charge in [-0.1, -0.05) is 0 Å². The van der Waals surface area contributed by atoms with Crippen LogP contribution in [0, 0.1) is 3.57 Å². The van der Waals surface area contributed by atoms with Gasteiger partial charge in [0.2, 0.25) is 11.8 Å². The summed E-state index contributed by atoms with van der Waals surface area (Å²) in [4.78, 5) is 24.6. The molecule has 0 bridgehead atoms. The van der Waals surface area contributed by atoms with Crippen molar-refractivity contribution in [3.63, 3.8) is 0 Å². The van der Waals surface area contributed by atoms with Crippen molar-refractivity contribution in [2.24, 2.45) is 0 Å². The van der Waals surface area contributed by atoms with E-state index in [9.17, 15) is 9.59 Å². The number of nitrogens with zero attached hydrogens (tertiary/aromatic N) is 1. The second kappa shape index (κ2) is 5.72. The molecule has 1 fully saturated rings. The van der Waals surface area contributed by atoms with Gasteiger partial charge >= 0.3 is 0 Å². The highest BCUT2D eigenvalue weighted by molar-refractivity contribution is 14.1. The van der Waals surface area contributed by atoms with Crippen LogP contribution in [-0.4, -0.2) is 34.9 Å². The van der Waals surface area contributed by atoms with Crippen molar-refractivity contribution in [3.8, 4) is 0 Å². The van der Waals surface area contributed by atoms with Crippen LogP contribution in [-0.2, 0) is 9.59 Å². The highest BCUT2D eigenvalue weighted by Crippen LogP contribution is 2.15. The van der Waals surface area contributed by atoms with Crippen LogP contribution in [0.2, 0.25) is 0 Å². The Kier molecular flexibility index (Phi) is 4.27. The van der Waals surface area contributed by atoms with Gasteiger partial charge in [-0.15, -0.1) is 11.8 Å². The minimum Gasteiger partial charge on any atom is -0.325 e. The van der Waals surface area contributed by atoms with Gasteiger partial charge in [-0.3, -0.25) is 9.59 Å². The normalized spacial score (nSPS) is 15.1. The van der Waals surface area contributed by atoms with Gasteiger partial charge in [0.15, 0.2) is 0 Å². The van der Waals surface area contributed by atoms with Crippen LogP contribution < -0.4 is 5.32 Å². The lowest BCUT2D eigenvalue weighted by molar-refractivity contribution is -0.130. The summed E-state index contributed by atoms with van der Waals surface area (Å²) in [6.45, 7) is 0.137. The maximum absolute atomic E-state index is 11.7. The third-order valence-corrected chi connectivity index (χ3v) is 3.95. The second-order valence-corrected chi connectivity index (χ2v) is 5.83. The van der Waals surface area contributed by atoms with Gasteiger partial charge in [-0.25, -0.2) is 0 Å². The number of carbonyl (C=O) groups excluding carboxylic acids is 2. The fourth-order valence-electron chi connectivity index (χ4n) is 1.45. The molecular formula is C11H11IN2O2S. The standard InChI is InChI=1S/C11H11IN2O2S/c12-8-1-3-9(4-2-8)13-10(15)5-14-7-17-6-11(14)16/h1-4H,5-7H2,(H,13,15). The first-order chi connectivity index (χ1) is 8.15. The first kappa shape index (κ1) is 12.7. The number of rotatable bonds is 3. The van der Waals surface area contributed by atoms with Crippen molar-refractivity contribution in [3.05, 3.63) is 27.8 Å². The zero-order valence-electron chi connectivity index (χ0n) is 8.98. The summed E-state index contributed by atoms with van der Waals surface area (Å²) in [6, 6.07) is 7.54. The molecule has 0 spiro atoms. The average molecular weight is 362 g/mol. The molecule has 0 unspecified atom stereocenters. The lowest BCUT2D eigenvalue weighted by atomic mass is 10.3. The Morgan fingerprint density at radius 2 is 2.12 bits per heavy atom. The zero-order chi connectivity index (χ0) is 12.3. The van der Waals surface area contributed by atoms with Gasteiger partial charge < -0.3 is 10.2 Å². The molecule has 1 heterocycles. The fraction of sp³-hybridized carbons (Fsp3) is 0.273. The molecule has 1 aliphatic heterocycles. The maximum Gasteiger partial charge on any atom is 0.244 e. The van der Waals surface area contributed by atoms with Crippen molar-refractivity contribution in [1.82, 2.24) is 4.90 Å². The highest BCUT2D eigenvalue weighted by Gasteiger charge is 2.22. The summed E-state index contributed by atoms with van der Waals surface area (Å²) in [6.07, 6.45) is 0. The van der Waals surface area contributed by atoms with E-state index in [-0.39, 0.29) is 18.4 Å². The van der Waals surface area contributed by atoms with Gasteiger partial charge in [-0.05, 0) is 46.9 Å². The zero-order valence-corrected chi connectivity index (χ0v) is 12.0. The van der Waals surface area contributed by atoms with Gasteiger partial charge in [0, 0.05) is 9.26 Å². The lowest BCUT2D eigenvalue weighted by Crippen LogP contribution is -2.34. The number of anilines is 1. The smallest absolute Gasteiger partial charge is 0.244 e. The Morgan fingerprint density at radius 1 is 1.41 bits per heavy atom. The molecule has 6 heteroatoms. The molecule has 90 valence electrons. The highest BCUT2D eigenvalue weighted by atomic mass is 127. The van der Waals surface area contributed by atoms with Gasteiger partial charge in [0.1, 0.15) is 6.54 Å². The lowest BCUT2D eigenvalue weighted by Gasteiger charge is -2.14. The minimum atomic E-state index is -0.151. The first-order valence-electron chi connectivity index (χ1n) is 5.06. The number of halogens is 1. The Morgan fingerprint density at radius 3 is 2.71 bits per heavy atom. The molecule has 4 nitrogen and oxygen atoms in total.